The zero-order valence-corrected chi connectivity index (χ0v) is 15.6. The second kappa shape index (κ2) is 8.11. The summed E-state index contributed by atoms with van der Waals surface area (Å²) in [5.41, 5.74) is 2.65. The first-order valence-corrected chi connectivity index (χ1v) is 8.49. The van der Waals surface area contributed by atoms with Gasteiger partial charge in [-0.1, -0.05) is 57.9 Å². The summed E-state index contributed by atoms with van der Waals surface area (Å²) in [5.74, 6) is -0.000897. The van der Waals surface area contributed by atoms with Crippen LogP contribution in [0.2, 0.25) is 0 Å². The molecule has 5 heteroatoms. The first-order valence-electron chi connectivity index (χ1n) is 7.70. The maximum atomic E-state index is 12.6. The molecule has 0 radical (unpaired) electrons. The molecule has 0 fully saturated rings. The van der Waals surface area contributed by atoms with Crippen LogP contribution >= 0.6 is 15.9 Å². The Hall–Kier alpha value is -2.14. The quantitative estimate of drug-likeness (QED) is 0.774. The third-order valence-corrected chi connectivity index (χ3v) is 4.21. The Morgan fingerprint density at radius 2 is 1.79 bits per heavy atom. The number of aryl methyl sites for hydroxylation is 1. The molecule has 0 aliphatic carbocycles. The minimum absolute atomic E-state index is 0.000897. The zero-order chi connectivity index (χ0) is 17.7. The molecule has 0 aromatic heterocycles. The Balaban J connectivity index is 2.23. The molecule has 0 bridgehead atoms. The Bertz CT molecular complexity index is 726. The minimum atomic E-state index is -0.383. The molecule has 0 aliphatic heterocycles. The van der Waals surface area contributed by atoms with Crippen molar-refractivity contribution in [2.75, 3.05) is 14.1 Å². The van der Waals surface area contributed by atoms with E-state index < -0.39 is 0 Å². The zero-order valence-electron chi connectivity index (χ0n) is 14.0. The van der Waals surface area contributed by atoms with Gasteiger partial charge in [-0.15, -0.1) is 0 Å². The van der Waals surface area contributed by atoms with Gasteiger partial charge in [0.2, 0.25) is 0 Å². The number of halogens is 1. The number of hydrogen-bond donors (Lipinski definition) is 1. The molecule has 24 heavy (non-hydrogen) atoms. The third kappa shape index (κ3) is 4.93. The fourth-order valence-corrected chi connectivity index (χ4v) is 2.71. The number of nitrogens with zero attached hydrogens (tertiary/aromatic N) is 1. The van der Waals surface area contributed by atoms with Crippen LogP contribution in [0.25, 0.3) is 0 Å². The number of carbonyl (C=O) groups is 2. The van der Waals surface area contributed by atoms with Crippen molar-refractivity contribution in [1.29, 1.82) is 0 Å². The van der Waals surface area contributed by atoms with Gasteiger partial charge in [0.05, 0.1) is 6.04 Å². The highest BCUT2D eigenvalue weighted by Crippen LogP contribution is 2.23. The van der Waals surface area contributed by atoms with Crippen molar-refractivity contribution in [2.24, 2.45) is 0 Å². The molecule has 126 valence electrons. The summed E-state index contributed by atoms with van der Waals surface area (Å²) in [4.78, 5) is 26.1. The van der Waals surface area contributed by atoms with Crippen LogP contribution in [0, 0.1) is 6.92 Å². The summed E-state index contributed by atoms with van der Waals surface area (Å²) in [6.45, 7) is 1.98. The number of amides is 2. The molecular weight excluding hydrogens is 368 g/mol. The lowest BCUT2D eigenvalue weighted by molar-refractivity contribution is 0.0969. The Labute approximate surface area is 151 Å². The second-order valence-electron chi connectivity index (χ2n) is 5.94. The van der Waals surface area contributed by atoms with Gasteiger partial charge in [0.15, 0.2) is 5.78 Å². The molecule has 4 nitrogen and oxygen atoms in total. The number of rotatable bonds is 5. The topological polar surface area (TPSA) is 49.4 Å². The second-order valence-corrected chi connectivity index (χ2v) is 6.86. The van der Waals surface area contributed by atoms with Crippen molar-refractivity contribution >= 4 is 27.7 Å². The molecule has 0 saturated heterocycles. The predicted molar refractivity (Wildman–Crippen MR) is 99.2 cm³/mol. The van der Waals surface area contributed by atoms with Gasteiger partial charge in [-0.3, -0.25) is 4.79 Å². The van der Waals surface area contributed by atoms with Gasteiger partial charge in [0.1, 0.15) is 0 Å². The summed E-state index contributed by atoms with van der Waals surface area (Å²) in [6.07, 6.45) is 0.207. The molecule has 0 spiro atoms. The first kappa shape index (κ1) is 18.2. The lowest BCUT2D eigenvalue weighted by atomic mass is 9.97. The normalized spacial score (nSPS) is 11.7. The molecule has 0 heterocycles. The first-order chi connectivity index (χ1) is 11.4. The van der Waals surface area contributed by atoms with Gasteiger partial charge in [-0.25, -0.2) is 4.79 Å². The fraction of sp³-hybridized carbons (Fsp3) is 0.263. The van der Waals surface area contributed by atoms with Gasteiger partial charge in [0, 0.05) is 30.6 Å². The lowest BCUT2D eigenvalue weighted by Crippen LogP contribution is -2.38. The molecule has 2 amide bonds. The van der Waals surface area contributed by atoms with Crippen molar-refractivity contribution in [1.82, 2.24) is 10.2 Å². The number of Topliss-reactive ketones (excluding diaryl/α,β-unsaturated/α-hetero) is 1. The largest absolute Gasteiger partial charge is 0.331 e. The van der Waals surface area contributed by atoms with Gasteiger partial charge < -0.3 is 10.2 Å². The van der Waals surface area contributed by atoms with Crippen molar-refractivity contribution in [3.05, 3.63) is 69.7 Å². The van der Waals surface area contributed by atoms with E-state index in [1.807, 2.05) is 55.5 Å². The maximum absolute atomic E-state index is 12.6. The van der Waals surface area contributed by atoms with Crippen LogP contribution in [0.1, 0.15) is 33.9 Å². The number of carbonyl (C=O) groups excluding carboxylic acids is 2. The molecule has 1 unspecified atom stereocenters. The Morgan fingerprint density at radius 1 is 1.12 bits per heavy atom. The van der Waals surface area contributed by atoms with Gasteiger partial charge in [-0.2, -0.15) is 0 Å². The van der Waals surface area contributed by atoms with E-state index in [0.29, 0.717) is 5.56 Å². The van der Waals surface area contributed by atoms with E-state index in [2.05, 4.69) is 21.2 Å². The van der Waals surface area contributed by atoms with Gasteiger partial charge in [-0.05, 0) is 24.6 Å². The summed E-state index contributed by atoms with van der Waals surface area (Å²) in [5, 5.41) is 2.92. The average Bonchev–Trinajstić information content (AvgIpc) is 2.54. The number of hydrogen-bond acceptors (Lipinski definition) is 2. The van der Waals surface area contributed by atoms with Crippen LogP contribution in [-0.2, 0) is 0 Å². The summed E-state index contributed by atoms with van der Waals surface area (Å²) >= 11 is 3.44. The van der Waals surface area contributed by atoms with E-state index >= 15 is 0 Å². The molecular formula is C19H21BrN2O2. The summed E-state index contributed by atoms with van der Waals surface area (Å²) in [7, 11) is 3.35. The highest BCUT2D eigenvalue weighted by atomic mass is 79.9. The number of nitrogens with one attached hydrogen (secondary N) is 1. The van der Waals surface area contributed by atoms with Crippen molar-refractivity contribution in [2.45, 2.75) is 19.4 Å². The van der Waals surface area contributed by atoms with E-state index in [0.717, 1.165) is 15.6 Å². The van der Waals surface area contributed by atoms with E-state index in [-0.39, 0.29) is 24.3 Å². The van der Waals surface area contributed by atoms with Gasteiger partial charge in [0.25, 0.3) is 0 Å². The van der Waals surface area contributed by atoms with Crippen LogP contribution in [0.5, 0.6) is 0 Å². The van der Waals surface area contributed by atoms with Crippen LogP contribution < -0.4 is 5.32 Å². The van der Waals surface area contributed by atoms with E-state index in [4.69, 9.17) is 0 Å². The van der Waals surface area contributed by atoms with Crippen molar-refractivity contribution < 1.29 is 9.59 Å². The minimum Gasteiger partial charge on any atom is -0.331 e. The highest BCUT2D eigenvalue weighted by Gasteiger charge is 2.20. The molecule has 0 saturated carbocycles. The Kier molecular flexibility index (Phi) is 6.15. The van der Waals surface area contributed by atoms with E-state index in [9.17, 15) is 9.59 Å². The maximum Gasteiger partial charge on any atom is 0.317 e. The standard InChI is InChI=1S/C19H21BrN2O2/c1-13-7-9-14(10-8-13)18(23)12-17(21-19(24)22(2)3)15-5-4-6-16(20)11-15/h4-11,17H,12H2,1-3H3,(H,21,24). The van der Waals surface area contributed by atoms with Crippen LogP contribution in [-0.4, -0.2) is 30.8 Å². The molecule has 2 aromatic rings. The van der Waals surface area contributed by atoms with Gasteiger partial charge >= 0.3 is 6.03 Å². The molecule has 1 atom stereocenters. The fourth-order valence-electron chi connectivity index (χ4n) is 2.30. The number of urea groups is 1. The highest BCUT2D eigenvalue weighted by molar-refractivity contribution is 9.10. The van der Waals surface area contributed by atoms with Crippen LogP contribution in [0.4, 0.5) is 4.79 Å². The van der Waals surface area contributed by atoms with Crippen LogP contribution in [0.3, 0.4) is 0 Å². The van der Waals surface area contributed by atoms with E-state index in [1.54, 1.807) is 14.1 Å². The summed E-state index contributed by atoms with van der Waals surface area (Å²) in [6, 6.07) is 14.5. The average molecular weight is 389 g/mol. The lowest BCUT2D eigenvalue weighted by Gasteiger charge is -2.21. The molecule has 2 rings (SSSR count). The summed E-state index contributed by atoms with van der Waals surface area (Å²) < 4.78 is 0.909. The Morgan fingerprint density at radius 3 is 2.38 bits per heavy atom. The molecule has 1 N–H and O–H groups in total. The predicted octanol–water partition coefficient (Wildman–Crippen LogP) is 4.34. The number of benzene rings is 2. The smallest absolute Gasteiger partial charge is 0.317 e. The third-order valence-electron chi connectivity index (χ3n) is 3.72. The van der Waals surface area contributed by atoms with Crippen LogP contribution in [0.15, 0.2) is 53.0 Å². The van der Waals surface area contributed by atoms with Crippen molar-refractivity contribution in [3.8, 4) is 0 Å². The van der Waals surface area contributed by atoms with Crippen molar-refractivity contribution in [3.63, 3.8) is 0 Å². The monoisotopic (exact) mass is 388 g/mol. The van der Waals surface area contributed by atoms with E-state index in [1.165, 1.54) is 4.90 Å². The molecule has 0 aliphatic rings. The molecule has 2 aromatic carbocycles. The number of ketones is 1. The SMILES string of the molecule is Cc1ccc(C(=O)CC(NC(=O)N(C)C)c2cccc(Br)c2)cc1.